The summed E-state index contributed by atoms with van der Waals surface area (Å²) < 4.78 is 5.53. The Balaban J connectivity index is 1.93. The maximum atomic E-state index is 12.8. The van der Waals surface area contributed by atoms with Crippen LogP contribution in [0.3, 0.4) is 0 Å². The highest BCUT2D eigenvalue weighted by atomic mass is 35.5. The van der Waals surface area contributed by atoms with Gasteiger partial charge < -0.3 is 4.74 Å². The number of aromatic nitrogens is 1. The molecule has 0 amide bonds. The summed E-state index contributed by atoms with van der Waals surface area (Å²) in [6.07, 6.45) is 0.754. The lowest BCUT2D eigenvalue weighted by molar-refractivity contribution is 0.0474. The van der Waals surface area contributed by atoms with Crippen molar-refractivity contribution >= 4 is 40.1 Å². The van der Waals surface area contributed by atoms with Gasteiger partial charge in [-0.1, -0.05) is 54.4 Å². The van der Waals surface area contributed by atoms with Crippen LogP contribution < -0.4 is 0 Å². The summed E-state index contributed by atoms with van der Waals surface area (Å²) in [4.78, 5) is 17.4. The van der Waals surface area contributed by atoms with Gasteiger partial charge in [-0.3, -0.25) is 4.98 Å². The fraction of sp³-hybridized carbons (Fsp3) is 0.200. The number of nitrogens with zero attached hydrogens (tertiary/aromatic N) is 1. The molecule has 0 spiro atoms. The molecule has 0 saturated heterocycles. The summed E-state index contributed by atoms with van der Waals surface area (Å²) >= 11 is 11.9. The van der Waals surface area contributed by atoms with E-state index in [-0.39, 0.29) is 12.6 Å². The molecule has 25 heavy (non-hydrogen) atoms. The number of ether oxygens (including phenoxy) is 1. The van der Waals surface area contributed by atoms with Gasteiger partial charge in [-0.15, -0.1) is 0 Å². The van der Waals surface area contributed by atoms with Crippen LogP contribution in [0.4, 0.5) is 0 Å². The molecule has 0 saturated carbocycles. The minimum Gasteiger partial charge on any atom is -0.457 e. The number of carbonyl (C=O) groups is 1. The first-order valence-corrected chi connectivity index (χ1v) is 8.76. The van der Waals surface area contributed by atoms with Crippen LogP contribution in [-0.2, 0) is 17.8 Å². The molecule has 128 valence electrons. The summed E-state index contributed by atoms with van der Waals surface area (Å²) in [7, 11) is 0. The number of hydrogen-bond acceptors (Lipinski definition) is 3. The Labute approximate surface area is 156 Å². The van der Waals surface area contributed by atoms with Gasteiger partial charge in [0.15, 0.2) is 0 Å². The Morgan fingerprint density at radius 1 is 1.12 bits per heavy atom. The molecule has 2 aromatic carbocycles. The zero-order valence-electron chi connectivity index (χ0n) is 14.0. The number of fused-ring (bicyclic) bond motifs is 1. The molecule has 0 unspecified atom stereocenters. The molecule has 0 bridgehead atoms. The number of carbonyl (C=O) groups excluding carboxylic acids is 1. The minimum absolute atomic E-state index is 0.132. The van der Waals surface area contributed by atoms with Crippen LogP contribution >= 0.6 is 23.2 Å². The van der Waals surface area contributed by atoms with Gasteiger partial charge in [-0.25, -0.2) is 4.79 Å². The fourth-order valence-corrected chi connectivity index (χ4v) is 3.14. The maximum Gasteiger partial charge on any atom is 0.339 e. The highest BCUT2D eigenvalue weighted by Crippen LogP contribution is 2.26. The number of aryl methyl sites for hydroxylation is 1. The molecule has 0 radical (unpaired) electrons. The minimum atomic E-state index is -0.364. The van der Waals surface area contributed by atoms with Crippen LogP contribution in [0.25, 0.3) is 10.9 Å². The molecule has 0 aliphatic carbocycles. The van der Waals surface area contributed by atoms with Crippen LogP contribution in [0.5, 0.6) is 0 Å². The van der Waals surface area contributed by atoms with E-state index in [1.165, 1.54) is 0 Å². The monoisotopic (exact) mass is 373 g/mol. The van der Waals surface area contributed by atoms with E-state index in [0.29, 0.717) is 15.6 Å². The van der Waals surface area contributed by atoms with E-state index in [9.17, 15) is 4.79 Å². The molecule has 0 fully saturated rings. The van der Waals surface area contributed by atoms with Crippen LogP contribution in [-0.4, -0.2) is 11.0 Å². The number of benzene rings is 2. The number of pyridine rings is 1. The molecule has 0 atom stereocenters. The summed E-state index contributed by atoms with van der Waals surface area (Å²) in [6, 6.07) is 12.8. The van der Waals surface area contributed by atoms with Crippen molar-refractivity contribution in [3.8, 4) is 0 Å². The first kappa shape index (κ1) is 17.7. The summed E-state index contributed by atoms with van der Waals surface area (Å²) in [5.41, 5.74) is 3.92. The second-order valence-electron chi connectivity index (χ2n) is 5.75. The van der Waals surface area contributed by atoms with Crippen molar-refractivity contribution in [2.75, 3.05) is 0 Å². The summed E-state index contributed by atoms with van der Waals surface area (Å²) in [6.45, 7) is 4.07. The molecule has 1 heterocycles. The van der Waals surface area contributed by atoms with Gasteiger partial charge in [0.1, 0.15) is 6.61 Å². The first-order valence-electron chi connectivity index (χ1n) is 8.00. The first-order chi connectivity index (χ1) is 12.0. The van der Waals surface area contributed by atoms with E-state index in [1.807, 2.05) is 38.1 Å². The van der Waals surface area contributed by atoms with Crippen molar-refractivity contribution in [1.29, 1.82) is 0 Å². The van der Waals surface area contributed by atoms with Gasteiger partial charge in [-0.2, -0.15) is 0 Å². The lowest BCUT2D eigenvalue weighted by Crippen LogP contribution is -2.11. The van der Waals surface area contributed by atoms with E-state index < -0.39 is 0 Å². The van der Waals surface area contributed by atoms with Gasteiger partial charge in [0.05, 0.1) is 21.1 Å². The normalized spacial score (nSPS) is 10.9. The summed E-state index contributed by atoms with van der Waals surface area (Å²) in [5, 5.41) is 1.71. The van der Waals surface area contributed by atoms with E-state index in [4.69, 9.17) is 27.9 Å². The lowest BCUT2D eigenvalue weighted by Gasteiger charge is -2.13. The topological polar surface area (TPSA) is 39.2 Å². The summed E-state index contributed by atoms with van der Waals surface area (Å²) in [5.74, 6) is -0.364. The highest BCUT2D eigenvalue weighted by Gasteiger charge is 2.18. The Bertz CT molecular complexity index is 954. The van der Waals surface area contributed by atoms with Crippen molar-refractivity contribution in [1.82, 2.24) is 4.98 Å². The second-order valence-corrected chi connectivity index (χ2v) is 6.57. The predicted molar refractivity (Wildman–Crippen MR) is 101 cm³/mol. The average Bonchev–Trinajstić information content (AvgIpc) is 2.62. The standard InChI is InChI=1S/C20H17Cl2NO2/c1-3-17-12(2)19(14-6-4-5-7-18(14)23-17)20(24)25-11-13-8-9-15(21)16(22)10-13/h4-10H,3,11H2,1-2H3. The van der Waals surface area contributed by atoms with Gasteiger partial charge in [0.2, 0.25) is 0 Å². The zero-order valence-corrected chi connectivity index (χ0v) is 15.5. The number of rotatable bonds is 4. The third kappa shape index (κ3) is 3.63. The molecule has 5 heteroatoms. The molecule has 0 aliphatic heterocycles. The van der Waals surface area contributed by atoms with Crippen molar-refractivity contribution < 1.29 is 9.53 Å². The van der Waals surface area contributed by atoms with Gasteiger partial charge >= 0.3 is 5.97 Å². The Morgan fingerprint density at radius 3 is 2.60 bits per heavy atom. The van der Waals surface area contributed by atoms with E-state index in [1.54, 1.807) is 18.2 Å². The molecular weight excluding hydrogens is 357 g/mol. The SMILES string of the molecule is CCc1nc2ccccc2c(C(=O)OCc2ccc(Cl)c(Cl)c2)c1C. The number of para-hydroxylation sites is 1. The number of hydrogen-bond donors (Lipinski definition) is 0. The molecular formula is C20H17Cl2NO2. The average molecular weight is 374 g/mol. The van der Waals surface area contributed by atoms with Gasteiger partial charge in [-0.05, 0) is 42.7 Å². The van der Waals surface area contributed by atoms with Crippen LogP contribution in [0.2, 0.25) is 10.0 Å². The quantitative estimate of drug-likeness (QED) is 0.544. The van der Waals surface area contributed by atoms with Gasteiger partial charge in [0.25, 0.3) is 0 Å². The smallest absolute Gasteiger partial charge is 0.339 e. The number of esters is 1. The zero-order chi connectivity index (χ0) is 18.0. The molecule has 3 nitrogen and oxygen atoms in total. The van der Waals surface area contributed by atoms with Crippen LogP contribution in [0.15, 0.2) is 42.5 Å². The fourth-order valence-electron chi connectivity index (χ4n) is 2.82. The Hall–Kier alpha value is -2.10. The number of halogens is 2. The largest absolute Gasteiger partial charge is 0.457 e. The highest BCUT2D eigenvalue weighted by molar-refractivity contribution is 6.42. The molecule has 0 aliphatic rings. The lowest BCUT2D eigenvalue weighted by atomic mass is 10.0. The maximum absolute atomic E-state index is 12.8. The van der Waals surface area contributed by atoms with Crippen LogP contribution in [0.1, 0.15) is 34.1 Å². The van der Waals surface area contributed by atoms with Gasteiger partial charge in [0, 0.05) is 11.1 Å². The predicted octanol–water partition coefficient (Wildman–Crippen LogP) is 5.77. The van der Waals surface area contributed by atoms with Crippen LogP contribution in [0, 0.1) is 6.92 Å². The van der Waals surface area contributed by atoms with E-state index in [2.05, 4.69) is 4.98 Å². The van der Waals surface area contributed by atoms with Crippen molar-refractivity contribution in [3.05, 3.63) is 74.9 Å². The Morgan fingerprint density at radius 2 is 1.88 bits per heavy atom. The third-order valence-corrected chi connectivity index (χ3v) is 4.87. The molecule has 3 rings (SSSR count). The third-order valence-electron chi connectivity index (χ3n) is 4.13. The second kappa shape index (κ2) is 7.42. The molecule has 3 aromatic rings. The van der Waals surface area contributed by atoms with E-state index in [0.717, 1.165) is 34.1 Å². The van der Waals surface area contributed by atoms with Crippen molar-refractivity contribution in [2.24, 2.45) is 0 Å². The Kier molecular flexibility index (Phi) is 5.26. The van der Waals surface area contributed by atoms with Crippen molar-refractivity contribution in [2.45, 2.75) is 26.9 Å². The van der Waals surface area contributed by atoms with Crippen molar-refractivity contribution in [3.63, 3.8) is 0 Å². The molecule has 0 N–H and O–H groups in total. The van der Waals surface area contributed by atoms with E-state index >= 15 is 0 Å². The molecule has 1 aromatic heterocycles.